The van der Waals surface area contributed by atoms with Crippen LogP contribution in [0.4, 0.5) is 10.5 Å². The summed E-state index contributed by atoms with van der Waals surface area (Å²) in [5.41, 5.74) is 12.3. The van der Waals surface area contributed by atoms with Gasteiger partial charge in [-0.3, -0.25) is 10.1 Å². The smallest absolute Gasteiger partial charge is 0.411 e. The monoisotopic (exact) mass is 818 g/mol. The van der Waals surface area contributed by atoms with Gasteiger partial charge < -0.3 is 35.0 Å². The number of pyridine rings is 1. The van der Waals surface area contributed by atoms with Crippen LogP contribution in [-0.2, 0) is 22.0 Å². The molecule has 314 valence electrons. The topological polar surface area (TPSA) is 148 Å². The molecule has 1 aliphatic carbocycles. The molecule has 1 aromatic heterocycles. The highest BCUT2D eigenvalue weighted by atomic mass is 28.4. The minimum atomic E-state index is -2.17. The van der Waals surface area contributed by atoms with Crippen LogP contribution in [0, 0.1) is 0 Å². The lowest BCUT2D eigenvalue weighted by Gasteiger charge is -2.39. The molecule has 0 spiro atoms. The number of anilines is 1. The number of hydrogen-bond acceptors (Lipinski definition) is 8. The van der Waals surface area contributed by atoms with E-state index in [1.807, 2.05) is 48.5 Å². The number of carbonyl (C=O) groups excluding carboxylic acids is 1. The zero-order valence-electron chi connectivity index (χ0n) is 35.3. The number of aromatic nitrogens is 1. The van der Waals surface area contributed by atoms with Gasteiger partial charge in [0, 0.05) is 29.6 Å². The Kier molecular flexibility index (Phi) is 14.7. The second-order valence-corrected chi connectivity index (χ2v) is 22.1. The number of benzene rings is 4. The second kappa shape index (κ2) is 19.9. The molecular weight excluding hydrogens is 757 g/mol. The number of nitrogens with one attached hydrogen (secondary N) is 3. The van der Waals surface area contributed by atoms with Crippen molar-refractivity contribution >= 4 is 31.0 Å². The first-order chi connectivity index (χ1) is 28.3. The first kappa shape index (κ1) is 43.6. The van der Waals surface area contributed by atoms with Crippen molar-refractivity contribution in [3.05, 3.63) is 124 Å². The summed E-state index contributed by atoms with van der Waals surface area (Å²) in [7, 11) is -2.17. The van der Waals surface area contributed by atoms with Crippen molar-refractivity contribution in [2.24, 2.45) is 5.73 Å². The Hall–Kier alpha value is -4.94. The van der Waals surface area contributed by atoms with Crippen LogP contribution < -0.4 is 26.7 Å². The molecule has 6 N–H and O–H groups in total. The van der Waals surface area contributed by atoms with E-state index in [2.05, 4.69) is 79.8 Å². The lowest BCUT2D eigenvalue weighted by molar-refractivity contribution is 0.0826. The Labute approximate surface area is 350 Å². The number of amides is 1. The van der Waals surface area contributed by atoms with Gasteiger partial charge in [-0.1, -0.05) is 81.4 Å². The lowest BCUT2D eigenvalue weighted by Crippen LogP contribution is -2.43. The highest BCUT2D eigenvalue weighted by molar-refractivity contribution is 6.74. The maximum atomic E-state index is 13.0. The second-order valence-electron chi connectivity index (χ2n) is 17.4. The Morgan fingerprint density at radius 1 is 0.898 bits per heavy atom. The average molecular weight is 819 g/mol. The third-order valence-electron chi connectivity index (χ3n) is 11.9. The number of unbranched alkanes of at least 4 members (excludes halogenated alkanes) is 1. The molecule has 11 heteroatoms. The molecular formula is C48H62N4O6Si. The lowest BCUT2D eigenvalue weighted by atomic mass is 9.94. The molecule has 0 bridgehead atoms. The molecule has 0 unspecified atom stereocenters. The van der Waals surface area contributed by atoms with E-state index in [9.17, 15) is 14.7 Å². The molecule has 6 rings (SSSR count). The van der Waals surface area contributed by atoms with Crippen molar-refractivity contribution in [3.8, 4) is 22.6 Å². The van der Waals surface area contributed by atoms with E-state index in [1.54, 1.807) is 12.1 Å². The number of fused-ring (bicyclic) bond motifs is 1. The summed E-state index contributed by atoms with van der Waals surface area (Å²) in [5, 5.41) is 18.0. The number of phenols is 1. The number of phenolic OH excluding ortho intramolecular Hbond substituents is 1. The van der Waals surface area contributed by atoms with Gasteiger partial charge in [-0.2, -0.15) is 0 Å². The number of carbonyl (C=O) groups is 1. The SMILES string of the molecule is CC(C)(C)[Si](C)(C)O[C@@H](CNCCc1ccc(OCCCCc2ccc(-c3ccccc3)c(NC(=O)OC3CCC(N)CC3)c2)cc1)c1ccc(O)c2[nH]c(=O)ccc12. The van der Waals surface area contributed by atoms with Crippen LogP contribution in [0.15, 0.2) is 102 Å². The predicted molar refractivity (Wildman–Crippen MR) is 241 cm³/mol. The van der Waals surface area contributed by atoms with Crippen LogP contribution in [0.25, 0.3) is 22.0 Å². The average Bonchev–Trinajstić information content (AvgIpc) is 3.20. The van der Waals surface area contributed by atoms with Gasteiger partial charge in [0.25, 0.3) is 0 Å². The molecule has 4 aromatic carbocycles. The number of rotatable bonds is 17. The minimum Gasteiger partial charge on any atom is -0.506 e. The highest BCUT2D eigenvalue weighted by Gasteiger charge is 2.39. The summed E-state index contributed by atoms with van der Waals surface area (Å²) in [6.45, 7) is 13.1. The van der Waals surface area contributed by atoms with E-state index in [0.29, 0.717) is 18.7 Å². The van der Waals surface area contributed by atoms with Crippen molar-refractivity contribution < 1.29 is 23.8 Å². The van der Waals surface area contributed by atoms with E-state index in [0.717, 1.165) is 97.0 Å². The molecule has 1 atom stereocenters. The van der Waals surface area contributed by atoms with Crippen molar-refractivity contribution in [1.29, 1.82) is 0 Å². The Bertz CT molecular complexity index is 2190. The molecule has 1 heterocycles. The molecule has 0 saturated heterocycles. The largest absolute Gasteiger partial charge is 0.506 e. The maximum absolute atomic E-state index is 13.0. The first-order valence-corrected chi connectivity index (χ1v) is 24.0. The molecule has 1 amide bonds. The zero-order valence-corrected chi connectivity index (χ0v) is 36.3. The zero-order chi connectivity index (χ0) is 42.0. The fourth-order valence-electron chi connectivity index (χ4n) is 7.34. The Morgan fingerprint density at radius 2 is 1.63 bits per heavy atom. The summed E-state index contributed by atoms with van der Waals surface area (Å²) in [6.07, 6.45) is 6.10. The van der Waals surface area contributed by atoms with Gasteiger partial charge in [0.1, 0.15) is 17.6 Å². The van der Waals surface area contributed by atoms with Crippen LogP contribution in [0.2, 0.25) is 18.1 Å². The number of aryl methyl sites for hydroxylation is 1. The van der Waals surface area contributed by atoms with Crippen LogP contribution in [0.3, 0.4) is 0 Å². The summed E-state index contributed by atoms with van der Waals surface area (Å²) in [4.78, 5) is 27.8. The molecule has 0 aliphatic heterocycles. The van der Waals surface area contributed by atoms with Gasteiger partial charge in [0.05, 0.1) is 23.9 Å². The van der Waals surface area contributed by atoms with Gasteiger partial charge in [-0.05, 0) is 129 Å². The van der Waals surface area contributed by atoms with Crippen LogP contribution in [0.1, 0.15) is 82.1 Å². The molecule has 0 radical (unpaired) electrons. The Morgan fingerprint density at radius 3 is 2.36 bits per heavy atom. The van der Waals surface area contributed by atoms with E-state index in [1.165, 1.54) is 11.6 Å². The Balaban J connectivity index is 0.976. The first-order valence-electron chi connectivity index (χ1n) is 21.1. The van der Waals surface area contributed by atoms with E-state index in [4.69, 9.17) is 19.6 Å². The van der Waals surface area contributed by atoms with Gasteiger partial charge in [0.15, 0.2) is 8.32 Å². The van der Waals surface area contributed by atoms with Crippen molar-refractivity contribution in [1.82, 2.24) is 10.3 Å². The quantitative estimate of drug-likeness (QED) is 0.0460. The van der Waals surface area contributed by atoms with Gasteiger partial charge in [-0.15, -0.1) is 0 Å². The van der Waals surface area contributed by atoms with Crippen molar-refractivity contribution in [3.63, 3.8) is 0 Å². The minimum absolute atomic E-state index is 0.00964. The van der Waals surface area contributed by atoms with Gasteiger partial charge in [0.2, 0.25) is 5.56 Å². The maximum Gasteiger partial charge on any atom is 0.411 e. The third kappa shape index (κ3) is 12.1. The molecule has 59 heavy (non-hydrogen) atoms. The molecule has 1 aliphatic rings. The predicted octanol–water partition coefficient (Wildman–Crippen LogP) is 10.0. The van der Waals surface area contributed by atoms with Crippen LogP contribution in [0.5, 0.6) is 11.5 Å². The third-order valence-corrected chi connectivity index (χ3v) is 16.4. The molecule has 1 fully saturated rings. The summed E-state index contributed by atoms with van der Waals surface area (Å²) in [6, 6.07) is 31.6. The van der Waals surface area contributed by atoms with E-state index in [-0.39, 0.29) is 34.6 Å². The summed E-state index contributed by atoms with van der Waals surface area (Å²) in [5.74, 6) is 0.890. The normalized spacial score (nSPS) is 16.4. The number of hydrogen-bond donors (Lipinski definition) is 5. The van der Waals surface area contributed by atoms with E-state index >= 15 is 0 Å². The van der Waals surface area contributed by atoms with Crippen LogP contribution >= 0.6 is 0 Å². The fraction of sp³-hybridized carbons (Fsp3) is 0.417. The fourth-order valence-corrected chi connectivity index (χ4v) is 8.62. The van der Waals surface area contributed by atoms with Crippen molar-refractivity contribution in [2.75, 3.05) is 25.0 Å². The molecule has 5 aromatic rings. The summed E-state index contributed by atoms with van der Waals surface area (Å²) < 4.78 is 18.8. The highest BCUT2D eigenvalue weighted by Crippen LogP contribution is 2.41. The number of aromatic hydroxyl groups is 1. The number of H-pyrrole nitrogens is 1. The number of nitrogens with two attached hydrogens (primary N) is 1. The van der Waals surface area contributed by atoms with Gasteiger partial charge in [-0.25, -0.2) is 4.79 Å². The standard InChI is InChI=1S/C48H62N4O6Si/c1-48(2,3)59(4,5)58-44(40-24-26-43(53)46-41(40)25-27-45(54)52-46)32-50-29-28-33-14-19-37(20-15-33)56-30-10-9-11-34-16-23-39(35-12-7-6-8-13-35)42(31-34)51-47(55)57-38-21-17-36(49)18-22-38/h6-8,12-16,19-20,23-27,31,36,38,44,50,53H,9-11,17-18,21-22,28-30,32,49H2,1-5H3,(H,51,55)(H,52,54)/t36?,38?,44-/m0/s1. The van der Waals surface area contributed by atoms with Crippen molar-refractivity contribution in [2.45, 2.75) is 109 Å². The van der Waals surface area contributed by atoms with E-state index < -0.39 is 14.4 Å². The summed E-state index contributed by atoms with van der Waals surface area (Å²) >= 11 is 0. The molecule has 1 saturated carbocycles. The number of aromatic amines is 1. The van der Waals surface area contributed by atoms with Crippen LogP contribution in [-0.4, -0.2) is 56.3 Å². The van der Waals surface area contributed by atoms with Gasteiger partial charge >= 0.3 is 6.09 Å². The molecule has 10 nitrogen and oxygen atoms in total. The number of ether oxygens (including phenoxy) is 2.